The predicted molar refractivity (Wildman–Crippen MR) is 132 cm³/mol. The zero-order chi connectivity index (χ0) is 21.5. The van der Waals surface area contributed by atoms with E-state index in [9.17, 15) is 0 Å². The quantitative estimate of drug-likeness (QED) is 0.346. The molecule has 0 bridgehead atoms. The first-order valence-corrected chi connectivity index (χ1v) is 11.4. The molecule has 0 fully saturated rings. The summed E-state index contributed by atoms with van der Waals surface area (Å²) in [5, 5.41) is 2.72. The molecule has 2 nitrogen and oxygen atoms in total. The number of rotatable bonds is 8. The van der Waals surface area contributed by atoms with Crippen LogP contribution in [-0.2, 0) is 12.8 Å². The molecular weight excluding hydrogens is 399 g/mol. The van der Waals surface area contributed by atoms with Crippen molar-refractivity contribution in [1.82, 2.24) is 0 Å². The van der Waals surface area contributed by atoms with Crippen LogP contribution in [0.5, 0.6) is 11.5 Å². The van der Waals surface area contributed by atoms with Crippen molar-refractivity contribution < 1.29 is 9.47 Å². The number of hydrogen-bond donors (Lipinski definition) is 0. The van der Waals surface area contributed by atoms with Gasteiger partial charge in [-0.05, 0) is 70.0 Å². The van der Waals surface area contributed by atoms with Gasteiger partial charge in [0, 0.05) is 0 Å². The lowest BCUT2D eigenvalue weighted by Crippen LogP contribution is -2.04. The number of hydrogen-bond acceptors (Lipinski definition) is 2. The maximum Gasteiger partial charge on any atom is 0.118 e. The fraction of sp³-hybridized carbons (Fsp3) is 0.143. The Hall–Kier alpha value is -3.09. The van der Waals surface area contributed by atoms with E-state index >= 15 is 0 Å². The normalized spacial score (nSPS) is 10.6. The highest BCUT2D eigenvalue weighted by atomic mass is 31.1. The second kappa shape index (κ2) is 10.3. The Bertz CT molecular complexity index is 993. The number of methoxy groups -OCH3 is 2. The van der Waals surface area contributed by atoms with E-state index in [1.807, 2.05) is 24.3 Å². The molecule has 0 aliphatic rings. The van der Waals surface area contributed by atoms with Gasteiger partial charge in [-0.1, -0.05) is 81.4 Å². The summed E-state index contributed by atoms with van der Waals surface area (Å²) in [7, 11) is 4.06. The molecule has 0 aliphatic carbocycles. The molecule has 4 rings (SSSR count). The predicted octanol–water partition coefficient (Wildman–Crippen LogP) is 5.51. The molecule has 156 valence electrons. The van der Waals surface area contributed by atoms with E-state index in [-0.39, 0.29) is 0 Å². The van der Waals surface area contributed by atoms with Crippen molar-refractivity contribution in [3.8, 4) is 11.5 Å². The summed E-state index contributed by atoms with van der Waals surface area (Å²) in [6.45, 7) is 0. The van der Waals surface area contributed by atoms with E-state index in [0.29, 0.717) is 8.58 Å². The van der Waals surface area contributed by atoms with Gasteiger partial charge in [-0.15, -0.1) is 0 Å². The molecule has 0 spiro atoms. The van der Waals surface area contributed by atoms with Crippen molar-refractivity contribution in [2.24, 2.45) is 0 Å². The molecule has 0 heterocycles. The van der Waals surface area contributed by atoms with Crippen molar-refractivity contribution in [1.29, 1.82) is 0 Å². The minimum absolute atomic E-state index is 0.669. The van der Waals surface area contributed by atoms with Crippen molar-refractivity contribution >= 4 is 19.2 Å². The van der Waals surface area contributed by atoms with E-state index in [0.717, 1.165) is 24.3 Å². The zero-order valence-corrected chi connectivity index (χ0v) is 19.0. The van der Waals surface area contributed by atoms with Gasteiger partial charge in [-0.2, -0.15) is 0 Å². The van der Waals surface area contributed by atoms with E-state index in [4.69, 9.17) is 9.47 Å². The molecule has 4 aromatic rings. The smallest absolute Gasteiger partial charge is 0.118 e. The third-order valence-corrected chi connectivity index (χ3v) is 6.58. The van der Waals surface area contributed by atoms with Gasteiger partial charge >= 0.3 is 0 Å². The van der Waals surface area contributed by atoms with E-state index in [1.54, 1.807) is 14.2 Å². The van der Waals surface area contributed by atoms with Crippen LogP contribution in [0.1, 0.15) is 22.3 Å². The second-order valence-electron chi connectivity index (χ2n) is 7.57. The molecule has 4 aromatic carbocycles. The van der Waals surface area contributed by atoms with Gasteiger partial charge in [-0.3, -0.25) is 0 Å². The fourth-order valence-electron chi connectivity index (χ4n) is 3.54. The van der Waals surface area contributed by atoms with Gasteiger partial charge in [-0.25, -0.2) is 0 Å². The molecule has 0 aromatic heterocycles. The van der Waals surface area contributed by atoms with Crippen LogP contribution in [0.15, 0.2) is 97.1 Å². The van der Waals surface area contributed by atoms with Crippen LogP contribution in [0.2, 0.25) is 0 Å². The Labute approximate surface area is 186 Å². The lowest BCUT2D eigenvalue weighted by atomic mass is 10.1. The van der Waals surface area contributed by atoms with Crippen LogP contribution in [0.4, 0.5) is 0 Å². The molecule has 3 heteroatoms. The minimum atomic E-state index is 0.669. The molecular formula is C28H27O2P. The summed E-state index contributed by atoms with van der Waals surface area (Å²) < 4.78 is 10.5. The Balaban J connectivity index is 1.34. The van der Waals surface area contributed by atoms with Crippen LogP contribution < -0.4 is 20.1 Å². The third-order valence-electron chi connectivity index (χ3n) is 5.33. The van der Waals surface area contributed by atoms with Crippen LogP contribution in [0.25, 0.3) is 0 Å². The van der Waals surface area contributed by atoms with Gasteiger partial charge in [0.25, 0.3) is 0 Å². The summed E-state index contributed by atoms with van der Waals surface area (Å²) in [6, 6.07) is 34.5. The number of ether oxygens (including phenoxy) is 2. The molecule has 0 aliphatic heterocycles. The van der Waals surface area contributed by atoms with Gasteiger partial charge < -0.3 is 9.47 Å². The van der Waals surface area contributed by atoms with E-state index in [2.05, 4.69) is 72.8 Å². The standard InChI is InChI=1S/C28H27O2P/c1-29-25-11-3-21(4-12-25)19-23-7-15-27(16-8-23)31-28-17-9-24(10-18-28)20-22-5-13-26(30-2)14-6-22/h3-18,31H,19-20H2,1-2H3. The molecule has 0 atom stereocenters. The van der Waals surface area contributed by atoms with Gasteiger partial charge in [0.2, 0.25) is 0 Å². The summed E-state index contributed by atoms with van der Waals surface area (Å²) >= 11 is 0. The highest BCUT2D eigenvalue weighted by Crippen LogP contribution is 2.18. The van der Waals surface area contributed by atoms with Crippen LogP contribution in [0, 0.1) is 0 Å². The average Bonchev–Trinajstić information content (AvgIpc) is 2.82. The molecule has 0 radical (unpaired) electrons. The topological polar surface area (TPSA) is 18.5 Å². The largest absolute Gasteiger partial charge is 0.497 e. The Kier molecular flexibility index (Phi) is 7.02. The zero-order valence-electron chi connectivity index (χ0n) is 18.0. The maximum absolute atomic E-state index is 5.23. The highest BCUT2D eigenvalue weighted by molar-refractivity contribution is 7.55. The summed E-state index contributed by atoms with van der Waals surface area (Å²) in [5.74, 6) is 1.80. The van der Waals surface area contributed by atoms with Crippen molar-refractivity contribution in [3.63, 3.8) is 0 Å². The lowest BCUT2D eigenvalue weighted by Gasteiger charge is -2.08. The molecule has 0 unspecified atom stereocenters. The van der Waals surface area contributed by atoms with Gasteiger partial charge in [0.05, 0.1) is 14.2 Å². The molecule has 31 heavy (non-hydrogen) atoms. The van der Waals surface area contributed by atoms with Crippen molar-refractivity contribution in [2.45, 2.75) is 12.8 Å². The van der Waals surface area contributed by atoms with Gasteiger partial charge in [0.15, 0.2) is 0 Å². The molecule has 0 saturated carbocycles. The molecule has 0 amide bonds. The SMILES string of the molecule is COc1ccc(Cc2ccc(Pc3ccc(Cc4ccc(OC)cc4)cc3)cc2)cc1. The summed E-state index contributed by atoms with van der Waals surface area (Å²) in [6.07, 6.45) is 1.88. The Morgan fingerprint density at radius 1 is 0.452 bits per heavy atom. The van der Waals surface area contributed by atoms with E-state index < -0.39 is 0 Å². The van der Waals surface area contributed by atoms with E-state index in [1.165, 1.54) is 32.9 Å². The first kappa shape index (κ1) is 21.2. The maximum atomic E-state index is 5.23. The van der Waals surface area contributed by atoms with Gasteiger partial charge in [0.1, 0.15) is 11.5 Å². The third kappa shape index (κ3) is 5.96. The average molecular weight is 426 g/mol. The number of benzene rings is 4. The molecule has 0 N–H and O–H groups in total. The van der Waals surface area contributed by atoms with Crippen LogP contribution >= 0.6 is 8.58 Å². The highest BCUT2D eigenvalue weighted by Gasteiger charge is 2.02. The van der Waals surface area contributed by atoms with Crippen LogP contribution in [-0.4, -0.2) is 14.2 Å². The lowest BCUT2D eigenvalue weighted by molar-refractivity contribution is 0.414. The first-order chi connectivity index (χ1) is 15.2. The van der Waals surface area contributed by atoms with Crippen molar-refractivity contribution in [3.05, 3.63) is 119 Å². The monoisotopic (exact) mass is 426 g/mol. The fourth-order valence-corrected chi connectivity index (χ4v) is 4.54. The molecule has 0 saturated heterocycles. The minimum Gasteiger partial charge on any atom is -0.497 e. The Morgan fingerprint density at radius 3 is 1.03 bits per heavy atom. The summed E-state index contributed by atoms with van der Waals surface area (Å²) in [4.78, 5) is 0. The first-order valence-electron chi connectivity index (χ1n) is 10.4. The second-order valence-corrected chi connectivity index (χ2v) is 8.97. The Morgan fingerprint density at radius 2 is 0.742 bits per heavy atom. The van der Waals surface area contributed by atoms with Crippen molar-refractivity contribution in [2.75, 3.05) is 14.2 Å². The van der Waals surface area contributed by atoms with Crippen LogP contribution in [0.3, 0.4) is 0 Å². The summed E-state index contributed by atoms with van der Waals surface area (Å²) in [5.41, 5.74) is 5.24.